The van der Waals surface area contributed by atoms with Crippen molar-refractivity contribution in [3.8, 4) is 0 Å². The minimum absolute atomic E-state index is 0.000899. The van der Waals surface area contributed by atoms with Gasteiger partial charge in [-0.2, -0.15) is 0 Å². The number of imide groups is 2. The Balaban J connectivity index is 1.23. The predicted molar refractivity (Wildman–Crippen MR) is 182 cm³/mol. The molecule has 11 heteroatoms. The van der Waals surface area contributed by atoms with E-state index in [0.717, 1.165) is 9.80 Å². The first-order valence-electron chi connectivity index (χ1n) is 16.0. The molecule has 0 aromatic heterocycles. The number of ether oxygens (including phenoxy) is 2. The van der Waals surface area contributed by atoms with Crippen LogP contribution in [0.2, 0.25) is 0 Å². The van der Waals surface area contributed by atoms with E-state index in [1.807, 2.05) is 27.7 Å². The number of hydrogen-bond acceptors (Lipinski definition) is 9. The van der Waals surface area contributed by atoms with Crippen LogP contribution in [0.3, 0.4) is 0 Å². The van der Waals surface area contributed by atoms with Crippen molar-refractivity contribution in [2.75, 3.05) is 23.0 Å². The van der Waals surface area contributed by atoms with Gasteiger partial charge < -0.3 is 9.47 Å². The maximum atomic E-state index is 13.7. The monoisotopic (exact) mass is 672 g/mol. The molecule has 4 aromatic carbocycles. The number of esters is 2. The van der Waals surface area contributed by atoms with Crippen molar-refractivity contribution in [2.24, 2.45) is 11.8 Å². The number of rotatable bonds is 10. The van der Waals surface area contributed by atoms with Crippen LogP contribution in [0.4, 0.5) is 11.4 Å². The van der Waals surface area contributed by atoms with Crippen LogP contribution < -0.4 is 9.80 Å². The van der Waals surface area contributed by atoms with Gasteiger partial charge in [0.05, 0.1) is 58.0 Å². The number of amides is 4. The van der Waals surface area contributed by atoms with Gasteiger partial charge in [0, 0.05) is 11.1 Å². The van der Waals surface area contributed by atoms with Crippen molar-refractivity contribution in [2.45, 2.75) is 27.7 Å². The lowest BCUT2D eigenvalue weighted by Crippen LogP contribution is -2.29. The maximum absolute atomic E-state index is 13.7. The molecule has 4 aromatic rings. The molecule has 252 valence electrons. The molecule has 2 aliphatic heterocycles. The summed E-state index contributed by atoms with van der Waals surface area (Å²) in [6.07, 6.45) is 0. The molecule has 2 aliphatic rings. The summed E-state index contributed by atoms with van der Waals surface area (Å²) in [7, 11) is 0. The second-order valence-electron chi connectivity index (χ2n) is 12.8. The third kappa shape index (κ3) is 6.21. The van der Waals surface area contributed by atoms with E-state index in [-0.39, 0.29) is 80.9 Å². The Kier molecular flexibility index (Phi) is 8.99. The average molecular weight is 673 g/mol. The smallest absolute Gasteiger partial charge is 0.338 e. The molecule has 0 fully saturated rings. The molecule has 0 spiro atoms. The number of carbonyl (C=O) groups is 7. The fourth-order valence-corrected chi connectivity index (χ4v) is 5.60. The first-order valence-corrected chi connectivity index (χ1v) is 16.0. The summed E-state index contributed by atoms with van der Waals surface area (Å²) in [5.74, 6) is -4.04. The molecule has 6 rings (SSSR count). The van der Waals surface area contributed by atoms with Gasteiger partial charge in [0.2, 0.25) is 0 Å². The van der Waals surface area contributed by atoms with Crippen LogP contribution in [-0.2, 0) is 9.47 Å². The number of benzene rings is 4. The quantitative estimate of drug-likeness (QED) is 0.110. The van der Waals surface area contributed by atoms with Gasteiger partial charge in [-0.3, -0.25) is 24.0 Å². The van der Waals surface area contributed by atoms with Gasteiger partial charge in [-0.05, 0) is 72.5 Å². The molecule has 2 heterocycles. The highest BCUT2D eigenvalue weighted by Crippen LogP contribution is 2.33. The third-order valence-electron chi connectivity index (χ3n) is 8.07. The summed E-state index contributed by atoms with van der Waals surface area (Å²) in [6, 6.07) is 20.2. The first kappa shape index (κ1) is 33.7. The number of ketones is 1. The van der Waals surface area contributed by atoms with E-state index in [9.17, 15) is 33.6 Å². The minimum Gasteiger partial charge on any atom is -0.462 e. The van der Waals surface area contributed by atoms with Crippen LogP contribution in [0.1, 0.15) is 106 Å². The lowest BCUT2D eigenvalue weighted by molar-refractivity contribution is 0.0450. The zero-order valence-electron chi connectivity index (χ0n) is 27.7. The van der Waals surface area contributed by atoms with Crippen LogP contribution >= 0.6 is 0 Å². The van der Waals surface area contributed by atoms with Crippen LogP contribution in [-0.4, -0.2) is 54.6 Å². The molecular formula is C39H32N2O9. The molecule has 11 nitrogen and oxygen atoms in total. The van der Waals surface area contributed by atoms with E-state index in [4.69, 9.17) is 9.47 Å². The average Bonchev–Trinajstić information content (AvgIpc) is 3.52. The molecule has 4 amide bonds. The number of nitrogens with zero attached hydrogens (tertiary/aromatic N) is 2. The van der Waals surface area contributed by atoms with E-state index in [1.54, 1.807) is 12.1 Å². The van der Waals surface area contributed by atoms with Gasteiger partial charge in [-0.25, -0.2) is 19.4 Å². The predicted octanol–water partition coefficient (Wildman–Crippen LogP) is 6.14. The van der Waals surface area contributed by atoms with Crippen molar-refractivity contribution in [1.29, 1.82) is 0 Å². The summed E-state index contributed by atoms with van der Waals surface area (Å²) in [5.41, 5.74) is 1.03. The Morgan fingerprint density at radius 3 is 1.26 bits per heavy atom. The highest BCUT2D eigenvalue weighted by molar-refractivity contribution is 6.36. The van der Waals surface area contributed by atoms with Gasteiger partial charge in [-0.1, -0.05) is 52.0 Å². The third-order valence-corrected chi connectivity index (χ3v) is 8.07. The van der Waals surface area contributed by atoms with Gasteiger partial charge in [-0.15, -0.1) is 0 Å². The van der Waals surface area contributed by atoms with Gasteiger partial charge in [0.15, 0.2) is 5.78 Å². The molecule has 0 N–H and O–H groups in total. The molecule has 0 aliphatic carbocycles. The Morgan fingerprint density at radius 2 is 0.880 bits per heavy atom. The second kappa shape index (κ2) is 13.3. The lowest BCUT2D eigenvalue weighted by Gasteiger charge is -2.15. The molecular weight excluding hydrogens is 640 g/mol. The molecule has 0 atom stereocenters. The Morgan fingerprint density at radius 1 is 0.500 bits per heavy atom. The van der Waals surface area contributed by atoms with E-state index >= 15 is 0 Å². The van der Waals surface area contributed by atoms with Crippen LogP contribution in [0.5, 0.6) is 0 Å². The highest BCUT2D eigenvalue weighted by atomic mass is 16.5. The summed E-state index contributed by atoms with van der Waals surface area (Å²) in [4.78, 5) is 94.2. The van der Waals surface area contributed by atoms with Crippen molar-refractivity contribution in [3.63, 3.8) is 0 Å². The van der Waals surface area contributed by atoms with Crippen molar-refractivity contribution in [1.82, 2.24) is 0 Å². The van der Waals surface area contributed by atoms with Gasteiger partial charge in [0.25, 0.3) is 23.6 Å². The zero-order valence-corrected chi connectivity index (χ0v) is 27.7. The van der Waals surface area contributed by atoms with Crippen molar-refractivity contribution < 1.29 is 43.0 Å². The Labute approximate surface area is 287 Å². The summed E-state index contributed by atoms with van der Waals surface area (Å²) in [6.45, 7) is 8.03. The normalized spacial score (nSPS) is 13.6. The van der Waals surface area contributed by atoms with E-state index in [1.165, 1.54) is 72.8 Å². The molecule has 0 bridgehead atoms. The molecule has 50 heavy (non-hydrogen) atoms. The fraction of sp³-hybridized carbons (Fsp3) is 0.205. The van der Waals surface area contributed by atoms with Crippen LogP contribution in [0.15, 0.2) is 84.9 Å². The second-order valence-corrected chi connectivity index (χ2v) is 12.8. The minimum atomic E-state index is -0.673. The molecule has 0 saturated carbocycles. The lowest BCUT2D eigenvalue weighted by atomic mass is 9.96. The maximum Gasteiger partial charge on any atom is 0.338 e. The highest BCUT2D eigenvalue weighted by Gasteiger charge is 2.39. The molecule has 0 unspecified atom stereocenters. The van der Waals surface area contributed by atoms with Crippen molar-refractivity contribution >= 4 is 52.7 Å². The number of anilines is 2. The molecule has 0 radical (unpaired) electrons. The summed E-state index contributed by atoms with van der Waals surface area (Å²) >= 11 is 0. The Bertz CT molecular complexity index is 1980. The number of carbonyl (C=O) groups excluding carboxylic acids is 7. The fourth-order valence-electron chi connectivity index (χ4n) is 5.60. The van der Waals surface area contributed by atoms with Crippen molar-refractivity contribution in [3.05, 3.63) is 129 Å². The largest absolute Gasteiger partial charge is 0.462 e. The van der Waals surface area contributed by atoms with E-state index in [2.05, 4.69) is 0 Å². The van der Waals surface area contributed by atoms with Gasteiger partial charge >= 0.3 is 11.9 Å². The standard InChI is InChI=1S/C39H32N2O9/c1-21(2)19-49-38(47)25-7-5-9-27(15-25)40-34(43)29-13-11-23(17-31(29)36(40)45)33(42)24-12-14-30-32(18-24)37(46)41(35(30)44)28-10-6-8-26(16-28)39(48)50-20-22(3)4/h5-18,21-22H,19-20H2,1-4H3. The van der Waals surface area contributed by atoms with E-state index < -0.39 is 41.4 Å². The Hall–Kier alpha value is -6.23. The zero-order chi connectivity index (χ0) is 35.9. The van der Waals surface area contributed by atoms with Gasteiger partial charge in [0.1, 0.15) is 0 Å². The first-order chi connectivity index (χ1) is 23.8. The number of hydrogen-bond donors (Lipinski definition) is 0. The SMILES string of the molecule is CC(C)COC(=O)c1cccc(N2C(=O)c3ccc(C(=O)c4ccc5c(c4)C(=O)N(c4cccc(C(=O)OCC(C)C)c4)C5=O)cc3C2=O)c1. The van der Waals surface area contributed by atoms with Crippen LogP contribution in [0, 0.1) is 11.8 Å². The molecule has 0 saturated heterocycles. The van der Waals surface area contributed by atoms with E-state index in [0.29, 0.717) is 0 Å². The summed E-state index contributed by atoms with van der Waals surface area (Å²) < 4.78 is 10.6. The summed E-state index contributed by atoms with van der Waals surface area (Å²) in [5, 5.41) is 0. The van der Waals surface area contributed by atoms with Crippen LogP contribution in [0.25, 0.3) is 0 Å². The number of fused-ring (bicyclic) bond motifs is 2. The topological polar surface area (TPSA) is 144 Å².